The van der Waals surface area contributed by atoms with Crippen molar-refractivity contribution in [2.24, 2.45) is 0 Å². The summed E-state index contributed by atoms with van der Waals surface area (Å²) in [6, 6.07) is 12.9. The lowest BCUT2D eigenvalue weighted by atomic mass is 10.0. The van der Waals surface area contributed by atoms with Crippen LogP contribution in [0.25, 0.3) is 22.4 Å². The van der Waals surface area contributed by atoms with Gasteiger partial charge in [0.25, 0.3) is 5.56 Å². The van der Waals surface area contributed by atoms with Crippen LogP contribution in [0.1, 0.15) is 5.56 Å². The van der Waals surface area contributed by atoms with Gasteiger partial charge in [0.15, 0.2) is 0 Å². The minimum atomic E-state index is -0.383. The van der Waals surface area contributed by atoms with E-state index in [-0.39, 0.29) is 11.1 Å². The van der Waals surface area contributed by atoms with E-state index in [4.69, 9.17) is 11.6 Å². The van der Waals surface area contributed by atoms with Crippen LogP contribution in [0.5, 0.6) is 0 Å². The fourth-order valence-corrected chi connectivity index (χ4v) is 2.88. The Morgan fingerprint density at radius 2 is 1.90 bits per heavy atom. The molecule has 0 amide bonds. The maximum atomic E-state index is 12.1. The smallest absolute Gasteiger partial charge is 0.266 e. The molecule has 3 nitrogen and oxygen atoms in total. The minimum absolute atomic E-state index is 0.131. The summed E-state index contributed by atoms with van der Waals surface area (Å²) in [5.74, 6) is 0. The third kappa shape index (κ3) is 2.62. The third-order valence-electron chi connectivity index (χ3n) is 3.13. The Bertz CT molecular complexity index is 874. The summed E-state index contributed by atoms with van der Waals surface area (Å²) in [7, 11) is 0. The summed E-state index contributed by atoms with van der Waals surface area (Å²) in [4.78, 5) is 14.9. The molecule has 102 valence electrons. The number of thiophene rings is 1. The number of pyridine rings is 1. The lowest BCUT2D eigenvalue weighted by Gasteiger charge is -2.06. The third-order valence-corrected chi connectivity index (χ3v) is 4.07. The van der Waals surface area contributed by atoms with Crippen LogP contribution >= 0.6 is 22.9 Å². The first-order valence-electron chi connectivity index (χ1n) is 6.15. The highest BCUT2D eigenvalue weighted by molar-refractivity contribution is 7.08. The fraction of sp³-hybridized carbons (Fsp3) is 0. The number of nitrogens with zero attached hydrogens (tertiary/aromatic N) is 1. The molecule has 0 unspecified atom stereocenters. The van der Waals surface area contributed by atoms with E-state index >= 15 is 0 Å². The fourth-order valence-electron chi connectivity index (χ4n) is 2.10. The molecule has 2 aromatic heterocycles. The van der Waals surface area contributed by atoms with E-state index in [1.807, 2.05) is 41.1 Å². The summed E-state index contributed by atoms with van der Waals surface area (Å²) in [5, 5.41) is 13.7. The van der Waals surface area contributed by atoms with Crippen LogP contribution in [0, 0.1) is 11.3 Å². The van der Waals surface area contributed by atoms with Gasteiger partial charge in [-0.05, 0) is 46.2 Å². The van der Waals surface area contributed by atoms with E-state index in [0.717, 1.165) is 11.1 Å². The first-order chi connectivity index (χ1) is 10.2. The van der Waals surface area contributed by atoms with Crippen molar-refractivity contribution in [3.63, 3.8) is 0 Å². The van der Waals surface area contributed by atoms with Crippen LogP contribution in [0.15, 0.2) is 52.0 Å². The van der Waals surface area contributed by atoms with Gasteiger partial charge in [-0.25, -0.2) is 0 Å². The summed E-state index contributed by atoms with van der Waals surface area (Å²) in [5.41, 5.74) is 2.77. The van der Waals surface area contributed by atoms with Gasteiger partial charge in [-0.15, -0.1) is 0 Å². The maximum absolute atomic E-state index is 12.1. The van der Waals surface area contributed by atoms with E-state index < -0.39 is 0 Å². The van der Waals surface area contributed by atoms with E-state index in [2.05, 4.69) is 4.98 Å². The molecule has 0 aliphatic carbocycles. The van der Waals surface area contributed by atoms with Gasteiger partial charge in [0, 0.05) is 16.3 Å². The number of nitriles is 1. The number of rotatable bonds is 2. The zero-order valence-corrected chi connectivity index (χ0v) is 12.3. The zero-order valence-electron chi connectivity index (χ0n) is 10.8. The normalized spacial score (nSPS) is 10.3. The van der Waals surface area contributed by atoms with Crippen molar-refractivity contribution in [3.8, 4) is 28.5 Å². The van der Waals surface area contributed by atoms with Gasteiger partial charge >= 0.3 is 0 Å². The molecule has 1 aromatic carbocycles. The molecular formula is C16H9ClN2OS. The first-order valence-corrected chi connectivity index (χ1v) is 7.47. The molecule has 3 rings (SSSR count). The molecule has 0 fully saturated rings. The number of hydrogen-bond acceptors (Lipinski definition) is 3. The second-order valence-corrected chi connectivity index (χ2v) is 5.65. The molecule has 0 spiro atoms. The Balaban J connectivity index is 2.23. The van der Waals surface area contributed by atoms with Crippen LogP contribution in [0.3, 0.4) is 0 Å². The summed E-state index contributed by atoms with van der Waals surface area (Å²) in [6.45, 7) is 0. The SMILES string of the molecule is N#Cc1c(-c2ccsc2)cc(-c2ccc(Cl)cc2)[nH]c1=O. The molecular weight excluding hydrogens is 304 g/mol. The second-order valence-electron chi connectivity index (χ2n) is 4.43. The molecule has 0 saturated heterocycles. The molecule has 5 heteroatoms. The van der Waals surface area contributed by atoms with Crippen LogP contribution in [-0.2, 0) is 0 Å². The Morgan fingerprint density at radius 3 is 2.52 bits per heavy atom. The van der Waals surface area contributed by atoms with Crippen molar-refractivity contribution >= 4 is 22.9 Å². The number of H-pyrrole nitrogens is 1. The second kappa shape index (κ2) is 5.57. The Hall–Kier alpha value is -2.35. The van der Waals surface area contributed by atoms with Crippen LogP contribution in [-0.4, -0.2) is 4.98 Å². The Kier molecular flexibility index (Phi) is 3.61. The van der Waals surface area contributed by atoms with Gasteiger partial charge in [-0.2, -0.15) is 16.6 Å². The molecule has 2 heterocycles. The zero-order chi connectivity index (χ0) is 14.8. The van der Waals surface area contributed by atoms with Gasteiger partial charge in [0.05, 0.1) is 0 Å². The topological polar surface area (TPSA) is 56.6 Å². The lowest BCUT2D eigenvalue weighted by molar-refractivity contribution is 1.22. The van der Waals surface area contributed by atoms with Crippen molar-refractivity contribution in [2.45, 2.75) is 0 Å². The van der Waals surface area contributed by atoms with Gasteiger partial charge in [-0.1, -0.05) is 23.7 Å². The van der Waals surface area contributed by atoms with E-state index in [9.17, 15) is 10.1 Å². The van der Waals surface area contributed by atoms with Crippen molar-refractivity contribution in [2.75, 3.05) is 0 Å². The number of aromatic amines is 1. The highest BCUT2D eigenvalue weighted by Crippen LogP contribution is 2.28. The number of benzene rings is 1. The summed E-state index contributed by atoms with van der Waals surface area (Å²) in [6.07, 6.45) is 0. The van der Waals surface area contributed by atoms with E-state index in [1.54, 1.807) is 12.1 Å². The lowest BCUT2D eigenvalue weighted by Crippen LogP contribution is -2.12. The molecule has 0 bridgehead atoms. The van der Waals surface area contributed by atoms with Crippen LogP contribution in [0.2, 0.25) is 5.02 Å². The van der Waals surface area contributed by atoms with Crippen LogP contribution in [0.4, 0.5) is 0 Å². The first kappa shape index (κ1) is 13.6. The molecule has 0 atom stereocenters. The van der Waals surface area contributed by atoms with Crippen molar-refractivity contribution < 1.29 is 0 Å². The van der Waals surface area contributed by atoms with Crippen molar-refractivity contribution in [1.82, 2.24) is 4.98 Å². The van der Waals surface area contributed by atoms with Gasteiger partial charge in [0.2, 0.25) is 0 Å². The number of halogens is 1. The Morgan fingerprint density at radius 1 is 1.14 bits per heavy atom. The predicted molar refractivity (Wildman–Crippen MR) is 85.5 cm³/mol. The van der Waals surface area contributed by atoms with Gasteiger partial charge in [0.1, 0.15) is 11.6 Å². The quantitative estimate of drug-likeness (QED) is 0.767. The number of aromatic nitrogens is 1. The van der Waals surface area contributed by atoms with Gasteiger partial charge in [-0.3, -0.25) is 4.79 Å². The highest BCUT2D eigenvalue weighted by Gasteiger charge is 2.12. The standard InChI is InChI=1S/C16H9ClN2OS/c17-12-3-1-10(2-4-12)15-7-13(11-5-6-21-9-11)14(8-18)16(20)19-15/h1-7,9H,(H,19,20). The molecule has 3 aromatic rings. The molecule has 0 saturated carbocycles. The Labute approximate surface area is 130 Å². The molecule has 0 radical (unpaired) electrons. The molecule has 0 aliphatic heterocycles. The van der Waals surface area contributed by atoms with Gasteiger partial charge < -0.3 is 4.98 Å². The average molecular weight is 313 g/mol. The number of hydrogen-bond donors (Lipinski definition) is 1. The van der Waals surface area contributed by atoms with Crippen molar-refractivity contribution in [1.29, 1.82) is 5.26 Å². The molecule has 0 aliphatic rings. The summed E-state index contributed by atoms with van der Waals surface area (Å²) < 4.78 is 0. The number of nitrogens with one attached hydrogen (secondary N) is 1. The molecule has 21 heavy (non-hydrogen) atoms. The minimum Gasteiger partial charge on any atom is -0.321 e. The monoisotopic (exact) mass is 312 g/mol. The average Bonchev–Trinajstić information content (AvgIpc) is 3.01. The van der Waals surface area contributed by atoms with Crippen LogP contribution < -0.4 is 5.56 Å². The van der Waals surface area contributed by atoms with E-state index in [0.29, 0.717) is 16.3 Å². The summed E-state index contributed by atoms with van der Waals surface area (Å²) >= 11 is 7.40. The largest absolute Gasteiger partial charge is 0.321 e. The maximum Gasteiger partial charge on any atom is 0.266 e. The van der Waals surface area contributed by atoms with E-state index in [1.165, 1.54) is 11.3 Å². The highest BCUT2D eigenvalue weighted by atomic mass is 35.5. The molecule has 1 N–H and O–H groups in total. The predicted octanol–water partition coefficient (Wildman–Crippen LogP) is 4.30. The van der Waals surface area contributed by atoms with Crippen molar-refractivity contribution in [3.05, 3.63) is 68.1 Å².